The molecule has 0 saturated carbocycles. The maximum Gasteiger partial charge on any atom is 0.351 e. The number of urea groups is 1. The lowest BCUT2D eigenvalue weighted by atomic mass is 10.2. The Labute approximate surface area is 159 Å². The minimum atomic E-state index is -1.12. The first-order chi connectivity index (χ1) is 12.3. The van der Waals surface area contributed by atoms with E-state index >= 15 is 0 Å². The van der Waals surface area contributed by atoms with Crippen LogP contribution in [-0.4, -0.2) is 35.5 Å². The molecule has 2 N–H and O–H groups in total. The van der Waals surface area contributed by atoms with Gasteiger partial charge in [0.15, 0.2) is 6.10 Å². The van der Waals surface area contributed by atoms with Crippen LogP contribution in [0.2, 0.25) is 5.02 Å². The van der Waals surface area contributed by atoms with Crippen LogP contribution in [0, 0.1) is 6.92 Å². The van der Waals surface area contributed by atoms with Crippen LogP contribution >= 0.6 is 22.9 Å². The summed E-state index contributed by atoms with van der Waals surface area (Å²) in [7, 11) is 0. The summed E-state index contributed by atoms with van der Waals surface area (Å²) in [5, 5.41) is 5.77. The number of ether oxygens (including phenoxy) is 1. The molecule has 0 aliphatic heterocycles. The standard InChI is InChI=1S/C17H18ClN3O4S/c1-4-19-17(24)21-14(22)10(3)25-16(23)13-9(2)20-15(26-13)11-5-7-12(18)8-6-11/h5-8,10H,4H2,1-3H3,(H2,19,21,22,24). The molecule has 0 bridgehead atoms. The van der Waals surface area contributed by atoms with Gasteiger partial charge in [-0.05, 0) is 32.9 Å². The second-order valence-electron chi connectivity index (χ2n) is 5.34. The average Bonchev–Trinajstić information content (AvgIpc) is 2.97. The number of nitrogens with zero attached hydrogens (tertiary/aromatic N) is 1. The number of rotatable bonds is 5. The molecule has 138 valence electrons. The van der Waals surface area contributed by atoms with E-state index in [4.69, 9.17) is 16.3 Å². The van der Waals surface area contributed by atoms with Crippen LogP contribution in [0.15, 0.2) is 24.3 Å². The molecule has 0 saturated heterocycles. The van der Waals surface area contributed by atoms with Gasteiger partial charge < -0.3 is 10.1 Å². The van der Waals surface area contributed by atoms with Crippen LogP contribution < -0.4 is 10.6 Å². The highest BCUT2D eigenvalue weighted by atomic mass is 35.5. The number of esters is 1. The number of halogens is 1. The number of aryl methyl sites for hydroxylation is 1. The van der Waals surface area contributed by atoms with Crippen LogP contribution in [0.25, 0.3) is 10.6 Å². The fraction of sp³-hybridized carbons (Fsp3) is 0.294. The normalized spacial score (nSPS) is 11.5. The van der Waals surface area contributed by atoms with E-state index in [1.807, 2.05) is 0 Å². The molecule has 1 aromatic carbocycles. The summed E-state index contributed by atoms with van der Waals surface area (Å²) in [4.78, 5) is 40.2. The molecule has 0 aliphatic rings. The van der Waals surface area contributed by atoms with E-state index in [2.05, 4.69) is 15.6 Å². The minimum Gasteiger partial charge on any atom is -0.448 e. The zero-order chi connectivity index (χ0) is 19.3. The summed E-state index contributed by atoms with van der Waals surface area (Å²) in [6.45, 7) is 5.17. The van der Waals surface area contributed by atoms with Gasteiger partial charge in [-0.1, -0.05) is 23.7 Å². The molecule has 2 rings (SSSR count). The molecular weight excluding hydrogens is 378 g/mol. The summed E-state index contributed by atoms with van der Waals surface area (Å²) >= 11 is 7.03. The Morgan fingerprint density at radius 3 is 2.54 bits per heavy atom. The van der Waals surface area contributed by atoms with Crippen molar-refractivity contribution >= 4 is 40.8 Å². The fourth-order valence-corrected chi connectivity index (χ4v) is 3.07. The monoisotopic (exact) mass is 395 g/mol. The van der Waals surface area contributed by atoms with Gasteiger partial charge in [-0.15, -0.1) is 11.3 Å². The molecule has 9 heteroatoms. The summed E-state index contributed by atoms with van der Waals surface area (Å²) in [5.41, 5.74) is 1.32. The molecule has 1 unspecified atom stereocenters. The summed E-state index contributed by atoms with van der Waals surface area (Å²) in [6.07, 6.45) is -1.12. The Hall–Kier alpha value is -2.45. The third-order valence-corrected chi connectivity index (χ3v) is 4.74. The third kappa shape index (κ3) is 5.03. The zero-order valence-electron chi connectivity index (χ0n) is 14.5. The van der Waals surface area contributed by atoms with Crippen molar-refractivity contribution in [3.05, 3.63) is 39.9 Å². The molecule has 1 atom stereocenters. The number of aromatic nitrogens is 1. The maximum atomic E-state index is 12.3. The maximum absolute atomic E-state index is 12.3. The molecule has 0 fully saturated rings. The SMILES string of the molecule is CCNC(=O)NC(=O)C(C)OC(=O)c1sc(-c2ccc(Cl)cc2)nc1C. The molecule has 1 aromatic heterocycles. The van der Waals surface area contributed by atoms with Crippen molar-refractivity contribution in [2.75, 3.05) is 6.54 Å². The van der Waals surface area contributed by atoms with Gasteiger partial charge in [0.1, 0.15) is 9.88 Å². The summed E-state index contributed by atoms with van der Waals surface area (Å²) < 4.78 is 5.14. The predicted octanol–water partition coefficient (Wildman–Crippen LogP) is 3.16. The van der Waals surface area contributed by atoms with Crippen LogP contribution in [-0.2, 0) is 9.53 Å². The van der Waals surface area contributed by atoms with Gasteiger partial charge in [0.2, 0.25) is 0 Å². The van der Waals surface area contributed by atoms with Crippen molar-refractivity contribution in [3.63, 3.8) is 0 Å². The molecule has 2 aromatic rings. The highest BCUT2D eigenvalue weighted by Crippen LogP contribution is 2.29. The highest BCUT2D eigenvalue weighted by Gasteiger charge is 2.24. The molecule has 26 heavy (non-hydrogen) atoms. The number of nitrogens with one attached hydrogen (secondary N) is 2. The van der Waals surface area contributed by atoms with Crippen molar-refractivity contribution in [2.24, 2.45) is 0 Å². The Kier molecular flexibility index (Phi) is 6.70. The van der Waals surface area contributed by atoms with Crippen LogP contribution in [0.5, 0.6) is 0 Å². The number of benzene rings is 1. The molecule has 1 heterocycles. The van der Waals surface area contributed by atoms with Gasteiger partial charge in [0.25, 0.3) is 5.91 Å². The molecule has 3 amide bonds. The van der Waals surface area contributed by atoms with Crippen LogP contribution in [0.3, 0.4) is 0 Å². The Balaban J connectivity index is 2.06. The first kappa shape index (κ1) is 19.9. The van der Waals surface area contributed by atoms with E-state index < -0.39 is 24.0 Å². The van der Waals surface area contributed by atoms with Gasteiger partial charge in [-0.25, -0.2) is 14.6 Å². The van der Waals surface area contributed by atoms with Crippen molar-refractivity contribution in [1.29, 1.82) is 0 Å². The number of carbonyl (C=O) groups excluding carboxylic acids is 3. The topological polar surface area (TPSA) is 97.4 Å². The summed E-state index contributed by atoms with van der Waals surface area (Å²) in [6, 6.07) is 6.44. The molecule has 0 radical (unpaired) electrons. The smallest absolute Gasteiger partial charge is 0.351 e. The lowest BCUT2D eigenvalue weighted by molar-refractivity contribution is -0.127. The first-order valence-electron chi connectivity index (χ1n) is 7.84. The van der Waals surface area contributed by atoms with Crippen LogP contribution in [0.4, 0.5) is 4.79 Å². The van der Waals surface area contributed by atoms with Gasteiger partial charge >= 0.3 is 12.0 Å². The Morgan fingerprint density at radius 2 is 1.92 bits per heavy atom. The second-order valence-corrected chi connectivity index (χ2v) is 6.77. The molecular formula is C17H18ClN3O4S. The predicted molar refractivity (Wildman–Crippen MR) is 99.4 cm³/mol. The number of thiazole rings is 1. The van der Waals surface area contributed by atoms with Crippen LogP contribution in [0.1, 0.15) is 29.2 Å². The quantitative estimate of drug-likeness (QED) is 0.758. The largest absolute Gasteiger partial charge is 0.448 e. The lowest BCUT2D eigenvalue weighted by Gasteiger charge is -2.12. The van der Waals surface area contributed by atoms with Gasteiger partial charge in [0.05, 0.1) is 5.69 Å². The number of hydrogen-bond acceptors (Lipinski definition) is 6. The minimum absolute atomic E-state index is 0.299. The average molecular weight is 396 g/mol. The van der Waals surface area contributed by atoms with E-state index in [-0.39, 0.29) is 0 Å². The van der Waals surface area contributed by atoms with E-state index in [9.17, 15) is 14.4 Å². The van der Waals surface area contributed by atoms with E-state index in [1.54, 1.807) is 38.1 Å². The number of hydrogen-bond donors (Lipinski definition) is 2. The van der Waals surface area contributed by atoms with Crippen molar-refractivity contribution in [1.82, 2.24) is 15.6 Å². The Morgan fingerprint density at radius 1 is 1.27 bits per heavy atom. The Bertz CT molecular complexity index is 820. The lowest BCUT2D eigenvalue weighted by Crippen LogP contribution is -2.44. The molecule has 0 spiro atoms. The zero-order valence-corrected chi connectivity index (χ0v) is 16.0. The van der Waals surface area contributed by atoms with Crippen molar-refractivity contribution in [3.8, 4) is 10.6 Å². The second kappa shape index (κ2) is 8.77. The van der Waals surface area contributed by atoms with Gasteiger partial charge in [0, 0.05) is 17.1 Å². The van der Waals surface area contributed by atoms with Gasteiger partial charge in [-0.2, -0.15) is 0 Å². The molecule has 7 nitrogen and oxygen atoms in total. The third-order valence-electron chi connectivity index (χ3n) is 3.30. The number of imide groups is 1. The fourth-order valence-electron chi connectivity index (χ4n) is 1.99. The van der Waals surface area contributed by atoms with E-state index in [0.29, 0.717) is 27.1 Å². The number of amides is 3. The van der Waals surface area contributed by atoms with Gasteiger partial charge in [-0.3, -0.25) is 10.1 Å². The van der Waals surface area contributed by atoms with Crippen molar-refractivity contribution in [2.45, 2.75) is 26.9 Å². The first-order valence-corrected chi connectivity index (χ1v) is 9.04. The van der Waals surface area contributed by atoms with E-state index in [0.717, 1.165) is 16.9 Å². The summed E-state index contributed by atoms with van der Waals surface area (Å²) in [5.74, 6) is -1.37. The number of carbonyl (C=O) groups is 3. The van der Waals surface area contributed by atoms with E-state index in [1.165, 1.54) is 6.92 Å². The van der Waals surface area contributed by atoms with Crippen molar-refractivity contribution < 1.29 is 19.1 Å². The molecule has 0 aliphatic carbocycles. The highest BCUT2D eigenvalue weighted by molar-refractivity contribution is 7.17.